The van der Waals surface area contributed by atoms with Crippen LogP contribution in [0.2, 0.25) is 0 Å². The Morgan fingerprint density at radius 2 is 1.88 bits per heavy atom. The van der Waals surface area contributed by atoms with Gasteiger partial charge < -0.3 is 9.84 Å². The van der Waals surface area contributed by atoms with E-state index in [2.05, 4.69) is 0 Å². The maximum absolute atomic E-state index is 13.5. The van der Waals surface area contributed by atoms with Gasteiger partial charge in [-0.3, -0.25) is 0 Å². The van der Waals surface area contributed by atoms with E-state index in [4.69, 9.17) is 4.74 Å². The van der Waals surface area contributed by atoms with E-state index in [9.17, 15) is 9.50 Å². The van der Waals surface area contributed by atoms with Crippen molar-refractivity contribution in [3.63, 3.8) is 0 Å². The molecular weight excluding hydrogens is 207 g/mol. The molecule has 2 rings (SSSR count). The highest BCUT2D eigenvalue weighted by molar-refractivity contribution is 5.70. The van der Waals surface area contributed by atoms with E-state index in [0.29, 0.717) is 11.1 Å². The molecule has 0 unspecified atom stereocenters. The summed E-state index contributed by atoms with van der Waals surface area (Å²) in [5, 5.41) is 9.63. The average Bonchev–Trinajstić information content (AvgIpc) is 2.29. The number of benzene rings is 2. The number of para-hydroxylation sites is 1. The lowest BCUT2D eigenvalue weighted by Crippen LogP contribution is -1.88. The molecule has 0 amide bonds. The van der Waals surface area contributed by atoms with Gasteiger partial charge in [0, 0.05) is 5.56 Å². The maximum atomic E-state index is 13.5. The van der Waals surface area contributed by atoms with Crippen LogP contribution in [0.4, 0.5) is 4.39 Å². The van der Waals surface area contributed by atoms with Gasteiger partial charge in [0.2, 0.25) is 0 Å². The Kier molecular flexibility index (Phi) is 2.77. The lowest BCUT2D eigenvalue weighted by atomic mass is 10.0. The molecule has 2 nitrogen and oxygen atoms in total. The molecule has 2 aromatic rings. The summed E-state index contributed by atoms with van der Waals surface area (Å²) in [6.45, 7) is 0. The Morgan fingerprint density at radius 3 is 2.50 bits per heavy atom. The van der Waals surface area contributed by atoms with Crippen LogP contribution >= 0.6 is 0 Å². The van der Waals surface area contributed by atoms with Gasteiger partial charge in [-0.2, -0.15) is 0 Å². The predicted molar refractivity (Wildman–Crippen MR) is 60.1 cm³/mol. The summed E-state index contributed by atoms with van der Waals surface area (Å²) in [5.41, 5.74) is 1.22. The van der Waals surface area contributed by atoms with Crippen LogP contribution in [-0.4, -0.2) is 12.2 Å². The first-order valence-corrected chi connectivity index (χ1v) is 4.84. The molecule has 0 spiro atoms. The fourth-order valence-corrected chi connectivity index (χ4v) is 1.55. The Balaban J connectivity index is 2.50. The molecule has 0 radical (unpaired) electrons. The van der Waals surface area contributed by atoms with Crippen LogP contribution < -0.4 is 4.74 Å². The second kappa shape index (κ2) is 4.23. The van der Waals surface area contributed by atoms with E-state index in [-0.39, 0.29) is 11.5 Å². The molecule has 3 heteroatoms. The van der Waals surface area contributed by atoms with Crippen molar-refractivity contribution in [2.24, 2.45) is 0 Å². The SMILES string of the molecule is COc1ccc(-c2ccccc2O)cc1F. The second-order valence-electron chi connectivity index (χ2n) is 3.37. The number of ether oxygens (including phenoxy) is 1. The van der Waals surface area contributed by atoms with E-state index in [1.165, 1.54) is 19.2 Å². The van der Waals surface area contributed by atoms with Crippen molar-refractivity contribution < 1.29 is 14.2 Å². The highest BCUT2D eigenvalue weighted by Gasteiger charge is 2.07. The summed E-state index contributed by atoms with van der Waals surface area (Å²) < 4.78 is 18.3. The highest BCUT2D eigenvalue weighted by Crippen LogP contribution is 2.31. The summed E-state index contributed by atoms with van der Waals surface area (Å²) in [7, 11) is 1.41. The molecular formula is C13H11FO2. The topological polar surface area (TPSA) is 29.5 Å². The van der Waals surface area contributed by atoms with Crippen molar-refractivity contribution in [1.29, 1.82) is 0 Å². The fourth-order valence-electron chi connectivity index (χ4n) is 1.55. The highest BCUT2D eigenvalue weighted by atomic mass is 19.1. The quantitative estimate of drug-likeness (QED) is 0.838. The first kappa shape index (κ1) is 10.5. The van der Waals surface area contributed by atoms with Crippen LogP contribution in [0.15, 0.2) is 42.5 Å². The van der Waals surface area contributed by atoms with Crippen molar-refractivity contribution in [2.45, 2.75) is 0 Å². The van der Waals surface area contributed by atoms with Gasteiger partial charge >= 0.3 is 0 Å². The molecule has 0 aliphatic carbocycles. The van der Waals surface area contributed by atoms with Crippen LogP contribution in [-0.2, 0) is 0 Å². The molecule has 16 heavy (non-hydrogen) atoms. The Bertz CT molecular complexity index is 509. The van der Waals surface area contributed by atoms with E-state index in [1.54, 1.807) is 30.3 Å². The number of halogens is 1. The lowest BCUT2D eigenvalue weighted by Gasteiger charge is -2.06. The van der Waals surface area contributed by atoms with Gasteiger partial charge in [0.25, 0.3) is 0 Å². The van der Waals surface area contributed by atoms with Gasteiger partial charge in [0.05, 0.1) is 7.11 Å². The van der Waals surface area contributed by atoms with Gasteiger partial charge in [0.1, 0.15) is 5.75 Å². The average molecular weight is 218 g/mol. The van der Waals surface area contributed by atoms with Crippen molar-refractivity contribution in [2.75, 3.05) is 7.11 Å². The third kappa shape index (κ3) is 1.84. The van der Waals surface area contributed by atoms with E-state index >= 15 is 0 Å². The first-order chi connectivity index (χ1) is 7.72. The predicted octanol–water partition coefficient (Wildman–Crippen LogP) is 3.21. The monoisotopic (exact) mass is 218 g/mol. The molecule has 0 atom stereocenters. The number of methoxy groups -OCH3 is 1. The molecule has 2 aromatic carbocycles. The summed E-state index contributed by atoms with van der Waals surface area (Å²) in [4.78, 5) is 0. The normalized spacial score (nSPS) is 10.1. The van der Waals surface area contributed by atoms with Gasteiger partial charge in [0.15, 0.2) is 11.6 Å². The molecule has 1 N–H and O–H groups in total. The number of phenols is 1. The molecule has 0 saturated carbocycles. The minimum absolute atomic E-state index is 0.132. The minimum atomic E-state index is -0.441. The Hall–Kier alpha value is -2.03. The van der Waals surface area contributed by atoms with Crippen molar-refractivity contribution in [3.8, 4) is 22.6 Å². The standard InChI is InChI=1S/C13H11FO2/c1-16-13-7-6-9(8-11(13)14)10-4-2-3-5-12(10)15/h2-8,15H,1H3. The van der Waals surface area contributed by atoms with E-state index in [1.807, 2.05) is 0 Å². The molecule has 0 fully saturated rings. The van der Waals surface area contributed by atoms with Crippen molar-refractivity contribution in [3.05, 3.63) is 48.3 Å². The van der Waals surface area contributed by atoms with Gasteiger partial charge in [-0.15, -0.1) is 0 Å². The zero-order valence-electron chi connectivity index (χ0n) is 8.77. The second-order valence-corrected chi connectivity index (χ2v) is 3.37. The third-order valence-corrected chi connectivity index (χ3v) is 2.37. The van der Waals surface area contributed by atoms with Crippen molar-refractivity contribution in [1.82, 2.24) is 0 Å². The maximum Gasteiger partial charge on any atom is 0.165 e. The Labute approximate surface area is 92.9 Å². The minimum Gasteiger partial charge on any atom is -0.507 e. The van der Waals surface area contributed by atoms with Gasteiger partial charge in [-0.25, -0.2) is 4.39 Å². The molecule has 0 bridgehead atoms. The van der Waals surface area contributed by atoms with Crippen LogP contribution in [0, 0.1) is 5.82 Å². The Morgan fingerprint density at radius 1 is 1.12 bits per heavy atom. The number of phenolic OH excluding ortho intramolecular Hbond substituents is 1. The smallest absolute Gasteiger partial charge is 0.165 e. The molecule has 0 aromatic heterocycles. The van der Waals surface area contributed by atoms with Crippen LogP contribution in [0.5, 0.6) is 11.5 Å². The molecule has 0 saturated heterocycles. The number of hydrogen-bond acceptors (Lipinski definition) is 2. The summed E-state index contributed by atoms with van der Waals surface area (Å²) >= 11 is 0. The van der Waals surface area contributed by atoms with Crippen molar-refractivity contribution >= 4 is 0 Å². The molecule has 0 aliphatic rings. The molecule has 0 aliphatic heterocycles. The summed E-state index contributed by atoms with van der Waals surface area (Å²) in [6.07, 6.45) is 0. The van der Waals surface area contributed by atoms with Crippen LogP contribution in [0.3, 0.4) is 0 Å². The van der Waals surface area contributed by atoms with E-state index < -0.39 is 5.82 Å². The van der Waals surface area contributed by atoms with Gasteiger partial charge in [-0.1, -0.05) is 24.3 Å². The summed E-state index contributed by atoms with van der Waals surface area (Å²) in [5.74, 6) is -0.116. The zero-order chi connectivity index (χ0) is 11.5. The third-order valence-electron chi connectivity index (χ3n) is 2.37. The molecule has 82 valence electrons. The zero-order valence-corrected chi connectivity index (χ0v) is 8.77. The van der Waals surface area contributed by atoms with Gasteiger partial charge in [-0.05, 0) is 23.8 Å². The number of hydrogen-bond donors (Lipinski definition) is 1. The summed E-state index contributed by atoms with van der Waals surface area (Å²) in [6, 6.07) is 11.4. The number of rotatable bonds is 2. The van der Waals surface area contributed by atoms with Crippen LogP contribution in [0.25, 0.3) is 11.1 Å². The number of aromatic hydroxyl groups is 1. The largest absolute Gasteiger partial charge is 0.507 e. The van der Waals surface area contributed by atoms with Crippen LogP contribution in [0.1, 0.15) is 0 Å². The fraction of sp³-hybridized carbons (Fsp3) is 0.0769. The lowest BCUT2D eigenvalue weighted by molar-refractivity contribution is 0.386. The van der Waals surface area contributed by atoms with E-state index in [0.717, 1.165) is 0 Å². The molecule has 0 heterocycles. The first-order valence-electron chi connectivity index (χ1n) is 4.84.